The Morgan fingerprint density at radius 2 is 2.06 bits per heavy atom. The van der Waals surface area contributed by atoms with Gasteiger partial charge in [-0.05, 0) is 70.3 Å². The molecule has 1 aromatic carbocycles. The van der Waals surface area contributed by atoms with Crippen LogP contribution in [0.1, 0.15) is 56.5 Å². The molecule has 2 unspecified atom stereocenters. The number of imidazole rings is 1. The van der Waals surface area contributed by atoms with Crippen molar-refractivity contribution in [2.75, 3.05) is 13.1 Å². The lowest BCUT2D eigenvalue weighted by Gasteiger charge is -2.17. The zero-order valence-corrected chi connectivity index (χ0v) is 20.9. The quantitative estimate of drug-likeness (QED) is 0.176. The van der Waals surface area contributed by atoms with E-state index in [1.165, 1.54) is 6.42 Å². The van der Waals surface area contributed by atoms with Crippen molar-refractivity contribution in [3.05, 3.63) is 60.7 Å². The molecule has 5 rings (SSSR count). The summed E-state index contributed by atoms with van der Waals surface area (Å²) >= 11 is 0. The number of benzene rings is 1. The minimum absolute atomic E-state index is 0.00207. The third-order valence-corrected chi connectivity index (χ3v) is 7.16. The normalized spacial score (nSPS) is 21.8. The molecule has 5 N–H and O–H groups in total. The van der Waals surface area contributed by atoms with E-state index in [0.717, 1.165) is 72.3 Å². The van der Waals surface area contributed by atoms with Crippen molar-refractivity contribution in [3.8, 4) is 23.1 Å². The van der Waals surface area contributed by atoms with Gasteiger partial charge in [0.1, 0.15) is 11.7 Å². The third-order valence-electron chi connectivity index (χ3n) is 7.16. The molecular formula is C29H35N7. The van der Waals surface area contributed by atoms with E-state index in [1.54, 1.807) is 0 Å². The Kier molecular flexibility index (Phi) is 7.45. The van der Waals surface area contributed by atoms with Gasteiger partial charge < -0.3 is 21.4 Å². The number of pyridine rings is 1. The molecule has 0 spiro atoms. The largest absolute Gasteiger partial charge is 0.386 e. The van der Waals surface area contributed by atoms with Crippen molar-refractivity contribution in [1.82, 2.24) is 25.6 Å². The van der Waals surface area contributed by atoms with E-state index >= 15 is 0 Å². The second-order valence-electron chi connectivity index (χ2n) is 9.81. The predicted molar refractivity (Wildman–Crippen MR) is 147 cm³/mol. The summed E-state index contributed by atoms with van der Waals surface area (Å²) in [4.78, 5) is 17.5. The van der Waals surface area contributed by atoms with Crippen LogP contribution in [0.25, 0.3) is 22.2 Å². The third kappa shape index (κ3) is 5.51. The number of fused-ring (bicyclic) bond motifs is 1. The van der Waals surface area contributed by atoms with Gasteiger partial charge in [-0.3, -0.25) is 9.98 Å². The number of hydrogen-bond donors (Lipinski definition) is 4. The van der Waals surface area contributed by atoms with Crippen LogP contribution in [0, 0.1) is 17.8 Å². The fourth-order valence-electron chi connectivity index (χ4n) is 5.01. The lowest BCUT2D eigenvalue weighted by molar-refractivity contribution is 0.557. The fourth-order valence-corrected chi connectivity index (χ4v) is 5.01. The number of nitrogens with zero attached hydrogens (tertiary/aromatic N) is 3. The van der Waals surface area contributed by atoms with Gasteiger partial charge in [0.2, 0.25) is 0 Å². The Morgan fingerprint density at radius 3 is 2.83 bits per heavy atom. The molecule has 4 atom stereocenters. The van der Waals surface area contributed by atoms with Crippen molar-refractivity contribution in [3.63, 3.8) is 0 Å². The fraction of sp³-hybridized carbons (Fsp3) is 0.414. The van der Waals surface area contributed by atoms with E-state index in [1.807, 2.05) is 24.5 Å². The zero-order valence-electron chi connectivity index (χ0n) is 20.9. The van der Waals surface area contributed by atoms with Gasteiger partial charge in [-0.25, -0.2) is 4.98 Å². The van der Waals surface area contributed by atoms with Crippen LogP contribution in [-0.4, -0.2) is 46.0 Å². The van der Waals surface area contributed by atoms with Crippen molar-refractivity contribution >= 4 is 16.7 Å². The van der Waals surface area contributed by atoms with Crippen molar-refractivity contribution < 1.29 is 0 Å². The first-order chi connectivity index (χ1) is 17.6. The summed E-state index contributed by atoms with van der Waals surface area (Å²) in [7, 11) is 0. The number of nitrogens with one attached hydrogen (secondary N) is 3. The highest BCUT2D eigenvalue weighted by Gasteiger charge is 2.21. The number of rotatable bonds is 7. The second kappa shape index (κ2) is 11.1. The number of hydrogen-bond acceptors (Lipinski definition) is 5. The van der Waals surface area contributed by atoms with E-state index in [0.29, 0.717) is 11.9 Å². The maximum atomic E-state index is 6.27. The van der Waals surface area contributed by atoms with E-state index < -0.39 is 0 Å². The van der Waals surface area contributed by atoms with Crippen LogP contribution in [0.2, 0.25) is 0 Å². The molecule has 0 aliphatic carbocycles. The van der Waals surface area contributed by atoms with Crippen LogP contribution in [0.15, 0.2) is 54.3 Å². The van der Waals surface area contributed by atoms with Gasteiger partial charge >= 0.3 is 0 Å². The first-order valence-electron chi connectivity index (χ1n) is 13.0. The Hall–Kier alpha value is -3.47. The summed E-state index contributed by atoms with van der Waals surface area (Å²) in [5.74, 6) is 8.49. The lowest BCUT2D eigenvalue weighted by Crippen LogP contribution is -2.38. The summed E-state index contributed by atoms with van der Waals surface area (Å²) in [5.41, 5.74) is 10.2. The average molecular weight is 482 g/mol. The summed E-state index contributed by atoms with van der Waals surface area (Å²) in [5, 5.41) is 7.97. The van der Waals surface area contributed by atoms with Crippen molar-refractivity contribution in [2.24, 2.45) is 16.6 Å². The standard InChI is InChI=1S/C29H35N7/c1-3-6-21(19(2)35-28(30)24-7-4-13-31-24)11-9-20-10-12-22-16-23(17-33-26(22)15-20)27-18-34-29(36-27)25-8-5-14-32-25/h3,10,12,15-19,21,24-25,31-32H,1,4-8,13-14H2,2H3,(H2,30,35)(H,34,36)/t19?,21-,24?,25+/m1/s1. The Morgan fingerprint density at radius 1 is 1.19 bits per heavy atom. The zero-order chi connectivity index (χ0) is 24.9. The van der Waals surface area contributed by atoms with Gasteiger partial charge in [-0.1, -0.05) is 24.0 Å². The highest BCUT2D eigenvalue weighted by molar-refractivity contribution is 5.86. The van der Waals surface area contributed by atoms with Crippen molar-refractivity contribution in [1.29, 1.82) is 0 Å². The van der Waals surface area contributed by atoms with E-state index in [4.69, 9.17) is 15.7 Å². The van der Waals surface area contributed by atoms with Gasteiger partial charge in [0.25, 0.3) is 0 Å². The molecule has 0 radical (unpaired) electrons. The minimum Gasteiger partial charge on any atom is -0.386 e. The number of H-pyrrole nitrogens is 1. The summed E-state index contributed by atoms with van der Waals surface area (Å²) in [6, 6.07) is 8.84. The number of aromatic nitrogens is 3. The Bertz CT molecular complexity index is 1300. The summed E-state index contributed by atoms with van der Waals surface area (Å²) < 4.78 is 0. The molecule has 2 aliphatic heterocycles. The summed E-state index contributed by atoms with van der Waals surface area (Å²) in [6.45, 7) is 8.05. The van der Waals surface area contributed by atoms with Gasteiger partial charge in [0, 0.05) is 28.6 Å². The summed E-state index contributed by atoms with van der Waals surface area (Å²) in [6.07, 6.45) is 11.0. The second-order valence-corrected chi connectivity index (χ2v) is 9.81. The Labute approximate surface area is 213 Å². The monoisotopic (exact) mass is 481 g/mol. The van der Waals surface area contributed by atoms with Crippen molar-refractivity contribution in [2.45, 2.75) is 57.2 Å². The highest BCUT2D eigenvalue weighted by atomic mass is 15.0. The molecule has 7 heteroatoms. The van der Waals surface area contributed by atoms with Crippen LogP contribution in [0.3, 0.4) is 0 Å². The molecule has 2 fully saturated rings. The molecule has 0 saturated carbocycles. The maximum Gasteiger partial charge on any atom is 0.123 e. The van der Waals surface area contributed by atoms with Gasteiger partial charge in [0.05, 0.1) is 35.5 Å². The molecule has 2 aliphatic rings. The van der Waals surface area contributed by atoms with Crippen LogP contribution in [0.5, 0.6) is 0 Å². The van der Waals surface area contributed by atoms with E-state index in [2.05, 4.69) is 64.1 Å². The molecule has 186 valence electrons. The number of aromatic amines is 1. The van der Waals surface area contributed by atoms with E-state index in [-0.39, 0.29) is 18.0 Å². The number of aliphatic imine (C=N–C) groups is 1. The van der Waals surface area contributed by atoms with Crippen LogP contribution in [-0.2, 0) is 0 Å². The molecule has 36 heavy (non-hydrogen) atoms. The number of nitrogens with two attached hydrogens (primary N) is 1. The first kappa shape index (κ1) is 24.2. The van der Waals surface area contributed by atoms with Crippen LogP contribution < -0.4 is 16.4 Å². The molecule has 3 aromatic rings. The predicted octanol–water partition coefficient (Wildman–Crippen LogP) is 4.09. The number of amidine groups is 1. The lowest BCUT2D eigenvalue weighted by atomic mass is 9.97. The van der Waals surface area contributed by atoms with Gasteiger partial charge in [0.15, 0.2) is 0 Å². The average Bonchev–Trinajstić information content (AvgIpc) is 3.68. The minimum atomic E-state index is -0.00207. The molecule has 0 bridgehead atoms. The molecular weight excluding hydrogens is 446 g/mol. The molecule has 0 amide bonds. The molecule has 2 aromatic heterocycles. The van der Waals surface area contributed by atoms with Gasteiger partial charge in [-0.2, -0.15) is 0 Å². The van der Waals surface area contributed by atoms with Gasteiger partial charge in [-0.15, -0.1) is 6.58 Å². The molecule has 2 saturated heterocycles. The Balaban J connectivity index is 1.32. The first-order valence-corrected chi connectivity index (χ1v) is 13.0. The topological polar surface area (TPSA) is 104 Å². The van der Waals surface area contributed by atoms with Crippen LogP contribution in [0.4, 0.5) is 0 Å². The van der Waals surface area contributed by atoms with E-state index in [9.17, 15) is 0 Å². The SMILES string of the molecule is C=CC[C@H](C#Cc1ccc2cc(-c3cnc([C@@H]4CCCN4)[nH]3)cnc2c1)C(C)N=C(N)C1CCCN1. The highest BCUT2D eigenvalue weighted by Crippen LogP contribution is 2.26. The number of allylic oxidation sites excluding steroid dienone is 1. The smallest absolute Gasteiger partial charge is 0.123 e. The maximum absolute atomic E-state index is 6.27. The molecule has 7 nitrogen and oxygen atoms in total. The van der Waals surface area contributed by atoms with Crippen LogP contribution >= 0.6 is 0 Å². The molecule has 4 heterocycles.